The van der Waals surface area contributed by atoms with Crippen molar-refractivity contribution >= 4 is 34.0 Å². The summed E-state index contributed by atoms with van der Waals surface area (Å²) >= 11 is 0. The highest BCUT2D eigenvalue weighted by atomic mass is 15.4. The SMILES string of the molecule is CN1C(C2=CCCc3ccccc32)=NC(c2ccc(-c3ccnc4ccccc34)cc2)N(C)C1C1=c2ccccc2=CCC1. The standard InChI is InChI=1S/C40H36N4/c1-43-38(30-23-21-29(22-24-30)33-25-26-41-37-20-8-7-17-34(33)37)42-39(35-18-9-13-27-11-3-5-15-31(27)35)44(2)40(43)36-19-10-14-28-12-4-6-16-32(28)36/h3-8,11-12,14-18,20-26,38,40H,9-10,13,19H2,1-2H3. The van der Waals surface area contributed by atoms with Crippen molar-refractivity contribution in [3.63, 3.8) is 0 Å². The summed E-state index contributed by atoms with van der Waals surface area (Å²) in [6, 6.07) is 37.3. The lowest BCUT2D eigenvalue weighted by molar-refractivity contribution is 0.114. The minimum atomic E-state index is -0.116. The summed E-state index contributed by atoms with van der Waals surface area (Å²) in [5.41, 5.74) is 10.1. The van der Waals surface area contributed by atoms with Gasteiger partial charge in [0.2, 0.25) is 0 Å². The van der Waals surface area contributed by atoms with Crippen molar-refractivity contribution in [2.24, 2.45) is 4.99 Å². The Hall–Kier alpha value is -4.80. The average molecular weight is 573 g/mol. The summed E-state index contributed by atoms with van der Waals surface area (Å²) in [6.45, 7) is 0. The number of likely N-dealkylation sites (N-methyl/N-ethyl adjacent to an activating group) is 1. The van der Waals surface area contributed by atoms with Gasteiger partial charge < -0.3 is 4.90 Å². The fourth-order valence-corrected chi connectivity index (χ4v) is 7.50. The molecule has 0 saturated heterocycles. The van der Waals surface area contributed by atoms with Crippen LogP contribution in [0.25, 0.3) is 39.3 Å². The van der Waals surface area contributed by atoms with Crippen LogP contribution in [0.4, 0.5) is 0 Å². The Kier molecular flexibility index (Phi) is 6.72. The summed E-state index contributed by atoms with van der Waals surface area (Å²) in [7, 11) is 4.48. The lowest BCUT2D eigenvalue weighted by Crippen LogP contribution is -2.55. The first-order chi connectivity index (χ1) is 21.7. The Morgan fingerprint density at radius 2 is 1.48 bits per heavy atom. The van der Waals surface area contributed by atoms with Crippen LogP contribution in [0.5, 0.6) is 0 Å². The topological polar surface area (TPSA) is 31.7 Å². The quantitative estimate of drug-likeness (QED) is 0.233. The molecule has 4 heteroatoms. The van der Waals surface area contributed by atoms with E-state index in [9.17, 15) is 0 Å². The molecule has 0 saturated carbocycles. The molecule has 5 aromatic rings. The van der Waals surface area contributed by atoms with Crippen molar-refractivity contribution in [1.29, 1.82) is 0 Å². The number of allylic oxidation sites excluding steroid dienone is 1. The van der Waals surface area contributed by atoms with Gasteiger partial charge in [-0.3, -0.25) is 9.88 Å². The van der Waals surface area contributed by atoms with Gasteiger partial charge in [-0.05, 0) is 88.7 Å². The molecule has 4 aromatic carbocycles. The van der Waals surface area contributed by atoms with Crippen molar-refractivity contribution < 1.29 is 0 Å². The maximum atomic E-state index is 5.56. The largest absolute Gasteiger partial charge is 0.340 e. The van der Waals surface area contributed by atoms with Gasteiger partial charge in [0.1, 0.15) is 18.2 Å². The minimum Gasteiger partial charge on any atom is -0.340 e. The summed E-state index contributed by atoms with van der Waals surface area (Å²) in [5, 5.41) is 3.87. The Morgan fingerprint density at radius 1 is 0.705 bits per heavy atom. The first kappa shape index (κ1) is 26.8. The predicted molar refractivity (Wildman–Crippen MR) is 182 cm³/mol. The van der Waals surface area contributed by atoms with Gasteiger partial charge >= 0.3 is 0 Å². The zero-order valence-corrected chi connectivity index (χ0v) is 25.3. The molecule has 2 aliphatic carbocycles. The van der Waals surface area contributed by atoms with Crippen LogP contribution in [0.2, 0.25) is 0 Å². The molecule has 2 unspecified atom stereocenters. The van der Waals surface area contributed by atoms with Gasteiger partial charge in [0.05, 0.1) is 5.52 Å². The molecule has 8 rings (SSSR count). The minimum absolute atomic E-state index is 0.0844. The summed E-state index contributed by atoms with van der Waals surface area (Å²) in [6.07, 6.45) is 10.9. The predicted octanol–water partition coefficient (Wildman–Crippen LogP) is 6.96. The van der Waals surface area contributed by atoms with E-state index in [4.69, 9.17) is 4.99 Å². The van der Waals surface area contributed by atoms with Crippen LogP contribution in [-0.4, -0.2) is 40.9 Å². The molecule has 2 heterocycles. The highest BCUT2D eigenvalue weighted by Gasteiger charge is 2.38. The smallest absolute Gasteiger partial charge is 0.134 e. The molecule has 2 atom stereocenters. The van der Waals surface area contributed by atoms with Crippen LogP contribution in [-0.2, 0) is 6.42 Å². The van der Waals surface area contributed by atoms with Crippen molar-refractivity contribution in [3.8, 4) is 11.1 Å². The number of aromatic nitrogens is 1. The maximum absolute atomic E-state index is 5.56. The van der Waals surface area contributed by atoms with Crippen molar-refractivity contribution in [2.45, 2.75) is 38.0 Å². The van der Waals surface area contributed by atoms with Gasteiger partial charge in [0, 0.05) is 24.2 Å². The maximum Gasteiger partial charge on any atom is 0.134 e. The third-order valence-corrected chi connectivity index (χ3v) is 9.59. The van der Waals surface area contributed by atoms with E-state index in [0.717, 1.165) is 37.0 Å². The molecule has 44 heavy (non-hydrogen) atoms. The molecule has 0 amide bonds. The van der Waals surface area contributed by atoms with Crippen molar-refractivity contribution in [2.75, 3.05) is 14.1 Å². The fraction of sp³-hybridized carbons (Fsp3) is 0.200. The molecule has 0 radical (unpaired) electrons. The normalized spacial score (nSPS) is 20.0. The number of pyridine rings is 1. The average Bonchev–Trinajstić information content (AvgIpc) is 3.08. The molecular formula is C40H36N4. The highest BCUT2D eigenvalue weighted by Crippen LogP contribution is 2.39. The van der Waals surface area contributed by atoms with Crippen LogP contribution in [0.3, 0.4) is 0 Å². The molecule has 3 aliphatic rings. The first-order valence-electron chi connectivity index (χ1n) is 15.7. The molecule has 216 valence electrons. The van der Waals surface area contributed by atoms with Crippen LogP contribution in [0, 0.1) is 0 Å². The van der Waals surface area contributed by atoms with Gasteiger partial charge in [0.25, 0.3) is 0 Å². The molecule has 1 aromatic heterocycles. The summed E-state index contributed by atoms with van der Waals surface area (Å²) in [4.78, 5) is 15.0. The van der Waals surface area contributed by atoms with Crippen LogP contribution < -0.4 is 10.4 Å². The number of rotatable bonds is 4. The number of para-hydroxylation sites is 1. The first-order valence-corrected chi connectivity index (χ1v) is 15.7. The van der Waals surface area contributed by atoms with Gasteiger partial charge in [-0.15, -0.1) is 0 Å². The number of aliphatic imine (C=N–C) groups is 1. The Labute approximate surface area is 259 Å². The van der Waals surface area contributed by atoms with E-state index in [1.54, 1.807) is 0 Å². The van der Waals surface area contributed by atoms with E-state index in [1.807, 2.05) is 12.3 Å². The van der Waals surface area contributed by atoms with E-state index < -0.39 is 0 Å². The monoisotopic (exact) mass is 572 g/mol. The Balaban J connectivity index is 1.27. The molecule has 0 spiro atoms. The van der Waals surface area contributed by atoms with Gasteiger partial charge in [-0.25, -0.2) is 4.99 Å². The Bertz CT molecular complexity index is 2070. The van der Waals surface area contributed by atoms with E-state index in [-0.39, 0.29) is 12.3 Å². The lowest BCUT2D eigenvalue weighted by atomic mass is 9.88. The van der Waals surface area contributed by atoms with Gasteiger partial charge in [-0.2, -0.15) is 0 Å². The van der Waals surface area contributed by atoms with E-state index in [1.165, 1.54) is 54.8 Å². The molecule has 0 fully saturated rings. The fourth-order valence-electron chi connectivity index (χ4n) is 7.50. The summed E-state index contributed by atoms with van der Waals surface area (Å²) < 4.78 is 0. The number of hydrogen-bond donors (Lipinski definition) is 0. The number of amidine groups is 1. The zero-order valence-electron chi connectivity index (χ0n) is 25.3. The Morgan fingerprint density at radius 3 is 2.39 bits per heavy atom. The van der Waals surface area contributed by atoms with E-state index in [0.29, 0.717) is 0 Å². The zero-order chi connectivity index (χ0) is 29.6. The number of nitrogens with zero attached hydrogens (tertiary/aromatic N) is 4. The molecule has 1 aliphatic heterocycles. The number of hydrogen-bond acceptors (Lipinski definition) is 4. The van der Waals surface area contributed by atoms with Gasteiger partial charge in [0.15, 0.2) is 0 Å². The summed E-state index contributed by atoms with van der Waals surface area (Å²) in [5.74, 6) is 1.08. The number of benzene rings is 4. The number of aryl methyl sites for hydroxylation is 1. The second kappa shape index (κ2) is 11.0. The second-order valence-corrected chi connectivity index (χ2v) is 12.1. The number of fused-ring (bicyclic) bond motifs is 3. The molecule has 0 bridgehead atoms. The van der Waals surface area contributed by atoms with E-state index >= 15 is 0 Å². The molecular weight excluding hydrogens is 536 g/mol. The highest BCUT2D eigenvalue weighted by molar-refractivity contribution is 6.23. The lowest BCUT2D eigenvalue weighted by Gasteiger charge is -2.47. The van der Waals surface area contributed by atoms with Gasteiger partial charge in [-0.1, -0.05) is 103 Å². The van der Waals surface area contributed by atoms with Crippen LogP contribution >= 0.6 is 0 Å². The molecule has 0 N–H and O–H groups in total. The van der Waals surface area contributed by atoms with E-state index in [2.05, 4.69) is 138 Å². The third kappa shape index (κ3) is 4.49. The van der Waals surface area contributed by atoms with Crippen LogP contribution in [0.15, 0.2) is 120 Å². The van der Waals surface area contributed by atoms with Crippen LogP contribution in [0.1, 0.15) is 42.1 Å². The van der Waals surface area contributed by atoms with Crippen molar-refractivity contribution in [3.05, 3.63) is 143 Å². The van der Waals surface area contributed by atoms with Crippen molar-refractivity contribution in [1.82, 2.24) is 14.8 Å². The third-order valence-electron chi connectivity index (χ3n) is 9.59. The molecule has 4 nitrogen and oxygen atoms in total. The second-order valence-electron chi connectivity index (χ2n) is 12.1.